The van der Waals surface area contributed by atoms with Gasteiger partial charge >= 0.3 is 5.97 Å². The number of ether oxygens (including phenoxy) is 3. The molecule has 0 saturated carbocycles. The number of fused-ring (bicyclic) bond motifs is 1. The summed E-state index contributed by atoms with van der Waals surface area (Å²) < 4.78 is 18.6. The first-order chi connectivity index (χ1) is 24.5. The van der Waals surface area contributed by atoms with Gasteiger partial charge in [-0.25, -0.2) is 0 Å². The maximum absolute atomic E-state index is 14.9. The molecule has 11 nitrogen and oxygen atoms in total. The highest BCUT2D eigenvalue weighted by Gasteiger charge is 2.78. The fraction of sp³-hybridized carbons (Fsp3) is 0.641. The molecule has 3 amide bonds. The molecule has 2 N–H and O–H groups in total. The molecule has 282 valence electrons. The Kier molecular flexibility index (Phi) is 14.5. The van der Waals surface area contributed by atoms with Crippen LogP contribution >= 0.6 is 15.9 Å². The van der Waals surface area contributed by atoms with Crippen LogP contribution in [0.1, 0.15) is 77.9 Å². The van der Waals surface area contributed by atoms with Crippen LogP contribution in [0.15, 0.2) is 55.6 Å². The van der Waals surface area contributed by atoms with E-state index in [1.165, 1.54) is 12.0 Å². The average Bonchev–Trinajstić information content (AvgIpc) is 3.72. The molecule has 2 bridgehead atoms. The third kappa shape index (κ3) is 8.14. The summed E-state index contributed by atoms with van der Waals surface area (Å²) in [6.07, 6.45) is 4.89. The van der Waals surface area contributed by atoms with Crippen molar-refractivity contribution in [1.29, 1.82) is 0 Å². The van der Waals surface area contributed by atoms with E-state index < -0.39 is 59.6 Å². The third-order valence-corrected chi connectivity index (χ3v) is 11.8. The predicted octanol–water partition coefficient (Wildman–Crippen LogP) is 4.73. The van der Waals surface area contributed by atoms with E-state index in [2.05, 4.69) is 41.3 Å². The van der Waals surface area contributed by atoms with Crippen LogP contribution in [0.4, 0.5) is 0 Å². The van der Waals surface area contributed by atoms with Crippen LogP contribution in [0.25, 0.3) is 0 Å². The van der Waals surface area contributed by atoms with Crippen LogP contribution in [-0.4, -0.2) is 106 Å². The topological polar surface area (TPSA) is 135 Å². The molecule has 51 heavy (non-hydrogen) atoms. The highest BCUT2D eigenvalue weighted by molar-refractivity contribution is 9.09. The van der Waals surface area contributed by atoms with Crippen LogP contribution < -0.4 is 5.32 Å². The number of alkyl halides is 1. The summed E-state index contributed by atoms with van der Waals surface area (Å²) in [4.78, 5) is 60.2. The molecular weight excluding hydrogens is 718 g/mol. The Hall–Kier alpha value is -3.06. The first-order valence-electron chi connectivity index (χ1n) is 18.3. The predicted molar refractivity (Wildman–Crippen MR) is 198 cm³/mol. The van der Waals surface area contributed by atoms with Gasteiger partial charge < -0.3 is 34.4 Å². The van der Waals surface area contributed by atoms with Gasteiger partial charge in [-0.1, -0.05) is 92.0 Å². The minimum atomic E-state index is -1.34. The second-order valence-electron chi connectivity index (χ2n) is 14.2. The third-order valence-electron chi connectivity index (χ3n) is 10.9. The molecule has 0 radical (unpaired) electrons. The lowest BCUT2D eigenvalue weighted by Gasteiger charge is -2.42. The first kappa shape index (κ1) is 40.7. The van der Waals surface area contributed by atoms with E-state index in [1.807, 2.05) is 51.1 Å². The number of hydrogen-bond acceptors (Lipinski definition) is 8. The number of aliphatic hydroxyl groups excluding tert-OH is 1. The van der Waals surface area contributed by atoms with Crippen LogP contribution in [0, 0.1) is 17.8 Å². The number of aliphatic hydroxyl groups is 1. The number of carbonyl (C=O) groups is 4. The average molecular weight is 775 g/mol. The summed E-state index contributed by atoms with van der Waals surface area (Å²) in [6.45, 7) is 15.5. The van der Waals surface area contributed by atoms with Gasteiger partial charge in [0.2, 0.25) is 17.7 Å². The number of benzene rings is 1. The highest BCUT2D eigenvalue weighted by Crippen LogP contribution is 2.61. The molecule has 1 aromatic rings. The van der Waals surface area contributed by atoms with Crippen molar-refractivity contribution in [3.8, 4) is 0 Å². The van der Waals surface area contributed by atoms with Gasteiger partial charge in [0.05, 0.1) is 43.2 Å². The number of halogens is 1. The Balaban J connectivity index is 1.79. The number of esters is 1. The van der Waals surface area contributed by atoms with Crippen LogP contribution in [0.3, 0.4) is 0 Å². The molecular formula is C39H56BrN3O8. The first-order valence-corrected chi connectivity index (χ1v) is 19.2. The van der Waals surface area contributed by atoms with Crippen LogP contribution in [0.2, 0.25) is 0 Å². The van der Waals surface area contributed by atoms with Crippen molar-refractivity contribution in [3.05, 3.63) is 61.2 Å². The van der Waals surface area contributed by atoms with Crippen molar-refractivity contribution in [1.82, 2.24) is 15.1 Å². The molecule has 2 unspecified atom stereocenters. The molecule has 1 spiro atoms. The largest absolute Gasteiger partial charge is 0.455 e. The Labute approximate surface area is 311 Å². The summed E-state index contributed by atoms with van der Waals surface area (Å²) in [5, 5.41) is 13.7. The Morgan fingerprint density at radius 2 is 1.90 bits per heavy atom. The minimum absolute atomic E-state index is 0.0527. The Morgan fingerprint density at radius 1 is 1.20 bits per heavy atom. The van der Waals surface area contributed by atoms with Gasteiger partial charge in [-0.05, 0) is 37.7 Å². The minimum Gasteiger partial charge on any atom is -0.455 e. The molecule has 12 heteroatoms. The number of methoxy groups -OCH3 is 1. The summed E-state index contributed by atoms with van der Waals surface area (Å²) in [6, 6.07) is 6.46. The molecule has 11 atom stereocenters. The molecule has 3 heterocycles. The monoisotopic (exact) mass is 773 g/mol. The Morgan fingerprint density at radius 3 is 2.49 bits per heavy atom. The maximum Gasteiger partial charge on any atom is 0.313 e. The zero-order valence-corrected chi connectivity index (χ0v) is 32.3. The molecule has 4 rings (SSSR count). The lowest BCUT2D eigenvalue weighted by atomic mass is 9.70. The molecule has 0 aliphatic carbocycles. The normalized spacial score (nSPS) is 27.9. The van der Waals surface area contributed by atoms with Gasteiger partial charge in [0.15, 0.2) is 0 Å². The second kappa shape index (κ2) is 18.1. The van der Waals surface area contributed by atoms with E-state index in [9.17, 15) is 24.3 Å². The standard InChI is InChI=1S/C39H56BrN3O8/c1-8-12-19-30(45)41-28(23-49-7)33(26-17-14-13-15-18-26)50-38(48)31-32-36(46)43(29(22-44)24(5)11-4)35(39(32)21-27(40)34(31)51-39)37(47)42(20-10-3)25(6)16-9-2/h8,10,13-15,17-18,24-25,27-29,31-35,44H,1,3,9,11-12,16,19-23H2,2,4-7H3,(H,41,45)/t24-,25?,27?,28-,29-,31+,32-,33-,34+,35+,39-/m0/s1. The summed E-state index contributed by atoms with van der Waals surface area (Å²) in [5.41, 5.74) is -0.698. The molecule has 3 aliphatic heterocycles. The molecule has 3 aliphatic rings. The van der Waals surface area contributed by atoms with E-state index in [0.29, 0.717) is 24.8 Å². The number of rotatable bonds is 20. The van der Waals surface area contributed by atoms with Crippen molar-refractivity contribution in [2.75, 3.05) is 26.9 Å². The van der Waals surface area contributed by atoms with Gasteiger partial charge in [-0.15, -0.1) is 13.2 Å². The maximum atomic E-state index is 14.9. The van der Waals surface area contributed by atoms with Crippen molar-refractivity contribution in [3.63, 3.8) is 0 Å². The zero-order valence-electron chi connectivity index (χ0n) is 30.7. The second-order valence-corrected chi connectivity index (χ2v) is 15.4. The lowest BCUT2D eigenvalue weighted by Crippen LogP contribution is -2.61. The molecule has 3 saturated heterocycles. The summed E-state index contributed by atoms with van der Waals surface area (Å²) >= 11 is 3.75. The van der Waals surface area contributed by atoms with Gasteiger partial charge in [0.1, 0.15) is 17.7 Å². The van der Waals surface area contributed by atoms with Gasteiger partial charge in [0.25, 0.3) is 0 Å². The number of amides is 3. The number of allylic oxidation sites excluding steroid dienone is 1. The number of nitrogens with zero attached hydrogens (tertiary/aromatic N) is 2. The summed E-state index contributed by atoms with van der Waals surface area (Å²) in [7, 11) is 1.50. The van der Waals surface area contributed by atoms with Crippen molar-refractivity contribution in [2.45, 2.75) is 113 Å². The zero-order chi connectivity index (χ0) is 37.5. The van der Waals surface area contributed by atoms with E-state index in [0.717, 1.165) is 12.8 Å². The van der Waals surface area contributed by atoms with Gasteiger partial charge in [-0.2, -0.15) is 0 Å². The van der Waals surface area contributed by atoms with E-state index >= 15 is 0 Å². The number of nitrogens with one attached hydrogen (secondary N) is 1. The van der Waals surface area contributed by atoms with E-state index in [-0.39, 0.29) is 54.8 Å². The lowest BCUT2D eigenvalue weighted by molar-refractivity contribution is -0.164. The van der Waals surface area contributed by atoms with Crippen molar-refractivity contribution >= 4 is 39.6 Å². The van der Waals surface area contributed by atoms with Crippen molar-refractivity contribution in [2.24, 2.45) is 17.8 Å². The quantitative estimate of drug-likeness (QED) is 0.111. The molecule has 1 aromatic carbocycles. The SMILES string of the molecule is C=CCCC(=O)N[C@@H](COC)[C@@H](OC(=O)[C@H]1[C@@H]2O[C@@]3(CC2Br)[C@@H]1C(=O)N([C@@H](CO)[C@@H](C)CC)[C@@H]3C(=O)N(CC=C)C(C)CCC)c1ccccc1. The number of likely N-dealkylation sites (tertiary alicyclic amines) is 1. The fourth-order valence-corrected chi connectivity index (χ4v) is 9.21. The summed E-state index contributed by atoms with van der Waals surface area (Å²) in [5.74, 6) is -3.83. The number of hydrogen-bond donors (Lipinski definition) is 2. The van der Waals surface area contributed by atoms with Crippen LogP contribution in [-0.2, 0) is 33.4 Å². The number of carbonyl (C=O) groups excluding carboxylic acids is 4. The van der Waals surface area contributed by atoms with Crippen LogP contribution in [0.5, 0.6) is 0 Å². The molecule has 3 fully saturated rings. The highest BCUT2D eigenvalue weighted by atomic mass is 79.9. The van der Waals surface area contributed by atoms with E-state index in [1.54, 1.807) is 17.1 Å². The van der Waals surface area contributed by atoms with E-state index in [4.69, 9.17) is 14.2 Å². The molecule has 0 aromatic heterocycles. The van der Waals surface area contributed by atoms with Gasteiger partial charge in [-0.3, -0.25) is 19.2 Å². The fourth-order valence-electron chi connectivity index (χ4n) is 8.27. The van der Waals surface area contributed by atoms with Crippen molar-refractivity contribution < 1.29 is 38.5 Å². The van der Waals surface area contributed by atoms with Gasteiger partial charge in [0, 0.05) is 30.9 Å². The Bertz CT molecular complexity index is 1400. The smallest absolute Gasteiger partial charge is 0.313 e.